The Kier molecular flexibility index (Phi) is 3.54. The van der Waals surface area contributed by atoms with E-state index in [0.29, 0.717) is 11.5 Å². The lowest BCUT2D eigenvalue weighted by Crippen LogP contribution is -2.52. The highest BCUT2D eigenvalue weighted by molar-refractivity contribution is 5.01. The lowest BCUT2D eigenvalue weighted by Gasteiger charge is -2.44. The lowest BCUT2D eigenvalue weighted by molar-refractivity contribution is -0.0842. The van der Waals surface area contributed by atoms with Gasteiger partial charge in [0.15, 0.2) is 0 Å². The maximum absolute atomic E-state index is 6.21. The largest absolute Gasteiger partial charge is 0.368 e. The molecule has 18 heavy (non-hydrogen) atoms. The first-order valence-corrected chi connectivity index (χ1v) is 7.32. The second kappa shape index (κ2) is 4.46. The zero-order chi connectivity index (χ0) is 13.6. The van der Waals surface area contributed by atoms with E-state index >= 15 is 0 Å². The molecule has 2 aliphatic heterocycles. The van der Waals surface area contributed by atoms with E-state index in [1.54, 1.807) is 0 Å². The molecule has 2 aliphatic rings. The summed E-state index contributed by atoms with van der Waals surface area (Å²) in [4.78, 5) is 2.63. The fraction of sp³-hybridized carbons (Fsp3) is 1.00. The number of ether oxygens (including phenoxy) is 1. The molecule has 106 valence electrons. The maximum Gasteiger partial charge on any atom is 0.0789 e. The van der Waals surface area contributed by atoms with Gasteiger partial charge in [-0.2, -0.15) is 0 Å². The van der Waals surface area contributed by atoms with Crippen LogP contribution in [-0.4, -0.2) is 41.8 Å². The fourth-order valence-corrected chi connectivity index (χ4v) is 3.68. The molecule has 2 N–H and O–H groups in total. The summed E-state index contributed by atoms with van der Waals surface area (Å²) < 4.78 is 6.21. The van der Waals surface area contributed by atoms with Crippen molar-refractivity contribution in [3.8, 4) is 0 Å². The van der Waals surface area contributed by atoms with Gasteiger partial charge in [-0.3, -0.25) is 4.90 Å². The van der Waals surface area contributed by atoms with Gasteiger partial charge in [0.1, 0.15) is 0 Å². The minimum absolute atomic E-state index is 0.0167. The molecule has 0 amide bonds. The number of hydrogen-bond acceptors (Lipinski definition) is 3. The summed E-state index contributed by atoms with van der Waals surface area (Å²) >= 11 is 0. The molecule has 0 saturated carbocycles. The van der Waals surface area contributed by atoms with Crippen molar-refractivity contribution in [1.82, 2.24) is 4.90 Å². The summed E-state index contributed by atoms with van der Waals surface area (Å²) in [6.07, 6.45) is 3.58. The molecule has 3 heteroatoms. The second-order valence-electron chi connectivity index (χ2n) is 7.74. The molecule has 2 fully saturated rings. The van der Waals surface area contributed by atoms with Gasteiger partial charge in [0.25, 0.3) is 0 Å². The van der Waals surface area contributed by atoms with Gasteiger partial charge in [-0.05, 0) is 72.0 Å². The second-order valence-corrected chi connectivity index (χ2v) is 7.74. The fourth-order valence-electron chi connectivity index (χ4n) is 3.68. The molecule has 1 unspecified atom stereocenters. The van der Waals surface area contributed by atoms with E-state index in [9.17, 15) is 0 Å². The first-order valence-electron chi connectivity index (χ1n) is 7.32. The Hall–Kier alpha value is -0.120. The number of piperidine rings is 1. The van der Waals surface area contributed by atoms with Gasteiger partial charge >= 0.3 is 0 Å². The Balaban J connectivity index is 2.02. The summed E-state index contributed by atoms with van der Waals surface area (Å²) in [6.45, 7) is 14.4. The van der Waals surface area contributed by atoms with Gasteiger partial charge in [0, 0.05) is 6.04 Å². The van der Waals surface area contributed by atoms with Crippen LogP contribution in [0, 0.1) is 5.41 Å². The summed E-state index contributed by atoms with van der Waals surface area (Å²) in [5.41, 5.74) is 6.24. The van der Waals surface area contributed by atoms with E-state index in [4.69, 9.17) is 10.5 Å². The lowest BCUT2D eigenvalue weighted by atomic mass is 9.79. The van der Waals surface area contributed by atoms with E-state index in [0.717, 1.165) is 13.0 Å². The first-order chi connectivity index (χ1) is 8.18. The topological polar surface area (TPSA) is 38.5 Å². The highest BCUT2D eigenvalue weighted by Crippen LogP contribution is 2.42. The average Bonchev–Trinajstić information content (AvgIpc) is 2.48. The molecule has 0 aliphatic carbocycles. The Labute approximate surface area is 112 Å². The summed E-state index contributed by atoms with van der Waals surface area (Å²) in [6, 6.07) is 0.551. The molecule has 0 bridgehead atoms. The normalized spacial score (nSPS) is 34.7. The Morgan fingerprint density at radius 2 is 1.67 bits per heavy atom. The Morgan fingerprint density at radius 1 is 1.11 bits per heavy atom. The van der Waals surface area contributed by atoms with Crippen molar-refractivity contribution in [3.63, 3.8) is 0 Å². The molecule has 2 rings (SSSR count). The van der Waals surface area contributed by atoms with Crippen LogP contribution in [0.4, 0.5) is 0 Å². The van der Waals surface area contributed by atoms with Crippen LogP contribution in [0.1, 0.15) is 53.9 Å². The molecule has 0 spiro atoms. The number of nitrogens with zero attached hydrogens (tertiary/aromatic N) is 1. The molecule has 3 nitrogen and oxygen atoms in total. The van der Waals surface area contributed by atoms with Gasteiger partial charge in [0.2, 0.25) is 0 Å². The zero-order valence-corrected chi connectivity index (χ0v) is 12.8. The molecule has 0 radical (unpaired) electrons. The number of likely N-dealkylation sites (tertiary alicyclic amines) is 1. The SMILES string of the molecule is CC1(CN)CCN(C2CC(C)(C)OC2(C)C)CC1. The molecule has 0 aromatic heterocycles. The third kappa shape index (κ3) is 2.73. The van der Waals surface area contributed by atoms with Crippen molar-refractivity contribution in [2.75, 3.05) is 19.6 Å². The molecule has 2 heterocycles. The standard InChI is InChI=1S/C15H30N2O/c1-13(2)10-12(14(3,4)18-13)17-8-6-15(5,11-16)7-9-17/h12H,6-11,16H2,1-5H3. The Bertz CT molecular complexity index is 304. The van der Waals surface area contributed by atoms with Gasteiger partial charge in [-0.25, -0.2) is 0 Å². The molecule has 0 aromatic carbocycles. The third-order valence-electron chi connectivity index (χ3n) is 4.97. The predicted octanol–water partition coefficient (Wildman–Crippen LogP) is 2.39. The monoisotopic (exact) mass is 254 g/mol. The number of nitrogens with two attached hydrogens (primary N) is 1. The highest BCUT2D eigenvalue weighted by atomic mass is 16.5. The van der Waals surface area contributed by atoms with E-state index in [1.165, 1.54) is 25.9 Å². The predicted molar refractivity (Wildman–Crippen MR) is 75.6 cm³/mol. The summed E-state index contributed by atoms with van der Waals surface area (Å²) in [5.74, 6) is 0. The van der Waals surface area contributed by atoms with Crippen LogP contribution >= 0.6 is 0 Å². The van der Waals surface area contributed by atoms with Crippen LogP contribution < -0.4 is 5.73 Å². The van der Waals surface area contributed by atoms with Crippen molar-refractivity contribution in [2.24, 2.45) is 11.1 Å². The summed E-state index contributed by atoms with van der Waals surface area (Å²) in [5, 5.41) is 0. The van der Waals surface area contributed by atoms with E-state index in [2.05, 4.69) is 39.5 Å². The van der Waals surface area contributed by atoms with Crippen molar-refractivity contribution >= 4 is 0 Å². The van der Waals surface area contributed by atoms with Crippen molar-refractivity contribution in [1.29, 1.82) is 0 Å². The van der Waals surface area contributed by atoms with Crippen molar-refractivity contribution in [2.45, 2.75) is 71.1 Å². The van der Waals surface area contributed by atoms with Crippen LogP contribution in [0.3, 0.4) is 0 Å². The molecular formula is C15H30N2O. The smallest absolute Gasteiger partial charge is 0.0789 e. The number of rotatable bonds is 2. The van der Waals surface area contributed by atoms with Gasteiger partial charge in [-0.15, -0.1) is 0 Å². The third-order valence-corrected chi connectivity index (χ3v) is 4.97. The van der Waals surface area contributed by atoms with Crippen LogP contribution in [0.25, 0.3) is 0 Å². The van der Waals surface area contributed by atoms with Crippen molar-refractivity contribution in [3.05, 3.63) is 0 Å². The highest BCUT2D eigenvalue weighted by Gasteiger charge is 2.49. The van der Waals surface area contributed by atoms with Crippen LogP contribution in [-0.2, 0) is 4.74 Å². The average molecular weight is 254 g/mol. The van der Waals surface area contributed by atoms with E-state index in [1.807, 2.05) is 0 Å². The van der Waals surface area contributed by atoms with E-state index in [-0.39, 0.29) is 11.2 Å². The van der Waals surface area contributed by atoms with Gasteiger partial charge < -0.3 is 10.5 Å². The van der Waals surface area contributed by atoms with Crippen LogP contribution in [0.15, 0.2) is 0 Å². The minimum atomic E-state index is -0.0278. The summed E-state index contributed by atoms with van der Waals surface area (Å²) in [7, 11) is 0. The zero-order valence-electron chi connectivity index (χ0n) is 12.8. The maximum atomic E-state index is 6.21. The quantitative estimate of drug-likeness (QED) is 0.822. The molecule has 1 atom stereocenters. The first kappa shape index (κ1) is 14.3. The van der Waals surface area contributed by atoms with E-state index < -0.39 is 0 Å². The molecular weight excluding hydrogens is 224 g/mol. The Morgan fingerprint density at radius 3 is 2.06 bits per heavy atom. The minimum Gasteiger partial charge on any atom is -0.368 e. The number of hydrogen-bond donors (Lipinski definition) is 1. The van der Waals surface area contributed by atoms with Crippen molar-refractivity contribution < 1.29 is 4.74 Å². The molecule has 0 aromatic rings. The van der Waals surface area contributed by atoms with Crippen LogP contribution in [0.2, 0.25) is 0 Å². The van der Waals surface area contributed by atoms with Crippen LogP contribution in [0.5, 0.6) is 0 Å². The van der Waals surface area contributed by atoms with Gasteiger partial charge in [-0.1, -0.05) is 6.92 Å². The van der Waals surface area contributed by atoms with Gasteiger partial charge in [0.05, 0.1) is 11.2 Å². The molecule has 2 saturated heterocycles.